The second-order valence-corrected chi connectivity index (χ2v) is 8.17. The molecule has 0 radical (unpaired) electrons. The first-order valence-electron chi connectivity index (χ1n) is 9.21. The predicted octanol–water partition coefficient (Wildman–Crippen LogP) is 4.52. The summed E-state index contributed by atoms with van der Waals surface area (Å²) < 4.78 is 27.9. The number of rotatable bonds is 2. The zero-order valence-electron chi connectivity index (χ0n) is 15.7. The van der Waals surface area contributed by atoms with Crippen molar-refractivity contribution in [3.05, 3.63) is 71.2 Å². The van der Waals surface area contributed by atoms with E-state index in [4.69, 9.17) is 0 Å². The molecule has 0 unspecified atom stereocenters. The highest BCUT2D eigenvalue weighted by atomic mass is 19.1. The number of benzene rings is 1. The van der Waals surface area contributed by atoms with E-state index in [1.54, 1.807) is 18.5 Å². The molecule has 0 fully saturated rings. The van der Waals surface area contributed by atoms with Gasteiger partial charge in [0.2, 0.25) is 5.91 Å². The molecule has 6 heteroatoms. The van der Waals surface area contributed by atoms with Gasteiger partial charge in [-0.2, -0.15) is 0 Å². The topological polar surface area (TPSA) is 50.3 Å². The van der Waals surface area contributed by atoms with Crippen molar-refractivity contribution >= 4 is 17.4 Å². The number of allylic oxidation sites excluding steroid dienone is 2. The fourth-order valence-corrected chi connectivity index (χ4v) is 4.22. The van der Waals surface area contributed by atoms with Crippen LogP contribution < -0.4 is 4.90 Å². The van der Waals surface area contributed by atoms with Crippen LogP contribution in [-0.2, 0) is 9.59 Å². The van der Waals surface area contributed by atoms with E-state index < -0.39 is 17.6 Å². The molecule has 2 aliphatic rings. The molecule has 1 aromatic carbocycles. The van der Waals surface area contributed by atoms with Gasteiger partial charge >= 0.3 is 0 Å². The molecule has 1 amide bonds. The van der Waals surface area contributed by atoms with Gasteiger partial charge in [-0.3, -0.25) is 19.5 Å². The van der Waals surface area contributed by atoms with Crippen LogP contribution in [0.25, 0.3) is 0 Å². The summed E-state index contributed by atoms with van der Waals surface area (Å²) in [5.41, 5.74) is 1.46. The van der Waals surface area contributed by atoms with Gasteiger partial charge in [0, 0.05) is 48.5 Å². The van der Waals surface area contributed by atoms with Crippen LogP contribution in [0.5, 0.6) is 0 Å². The van der Waals surface area contributed by atoms with Crippen molar-refractivity contribution in [3.63, 3.8) is 0 Å². The number of carbonyl (C=O) groups is 2. The first-order valence-corrected chi connectivity index (χ1v) is 9.21. The minimum absolute atomic E-state index is 0.0194. The van der Waals surface area contributed by atoms with Gasteiger partial charge in [0.15, 0.2) is 5.78 Å². The van der Waals surface area contributed by atoms with E-state index >= 15 is 0 Å². The number of pyridine rings is 1. The van der Waals surface area contributed by atoms with E-state index in [0.717, 1.165) is 17.7 Å². The Balaban J connectivity index is 1.92. The van der Waals surface area contributed by atoms with E-state index in [9.17, 15) is 18.4 Å². The Morgan fingerprint density at radius 1 is 1.14 bits per heavy atom. The number of nitrogens with zero attached hydrogens (tertiary/aromatic N) is 2. The van der Waals surface area contributed by atoms with Crippen LogP contribution >= 0.6 is 0 Å². The van der Waals surface area contributed by atoms with Gasteiger partial charge in [-0.15, -0.1) is 0 Å². The Morgan fingerprint density at radius 2 is 1.93 bits per heavy atom. The predicted molar refractivity (Wildman–Crippen MR) is 100 cm³/mol. The summed E-state index contributed by atoms with van der Waals surface area (Å²) >= 11 is 0. The SMILES string of the molecule is CC1(C)CC(=O)C2=C(C1)N(c1ccc(F)cc1F)C(=O)C[C@H]2c1cccnc1. The van der Waals surface area contributed by atoms with Crippen molar-refractivity contribution in [1.29, 1.82) is 0 Å². The van der Waals surface area contributed by atoms with Crippen LogP contribution in [-0.4, -0.2) is 16.7 Å². The molecule has 28 heavy (non-hydrogen) atoms. The van der Waals surface area contributed by atoms with Crippen LogP contribution in [0, 0.1) is 17.0 Å². The Labute approximate surface area is 161 Å². The van der Waals surface area contributed by atoms with Gasteiger partial charge in [0.25, 0.3) is 0 Å². The van der Waals surface area contributed by atoms with E-state index in [1.165, 1.54) is 11.0 Å². The lowest BCUT2D eigenvalue weighted by Crippen LogP contribution is -2.44. The normalized spacial score (nSPS) is 21.7. The van der Waals surface area contributed by atoms with E-state index in [0.29, 0.717) is 24.1 Å². The number of carbonyl (C=O) groups excluding carboxylic acids is 2. The highest BCUT2D eigenvalue weighted by Crippen LogP contribution is 2.48. The summed E-state index contributed by atoms with van der Waals surface area (Å²) in [4.78, 5) is 31.6. The lowest BCUT2D eigenvalue weighted by molar-refractivity contribution is -0.121. The van der Waals surface area contributed by atoms with Gasteiger partial charge in [-0.25, -0.2) is 8.78 Å². The molecule has 1 aliphatic carbocycles. The monoisotopic (exact) mass is 382 g/mol. The molecule has 1 aliphatic heterocycles. The van der Waals surface area contributed by atoms with Gasteiger partial charge in [0.05, 0.1) is 5.69 Å². The summed E-state index contributed by atoms with van der Waals surface area (Å²) in [5, 5.41) is 0. The van der Waals surface area contributed by atoms with Crippen molar-refractivity contribution < 1.29 is 18.4 Å². The van der Waals surface area contributed by atoms with Gasteiger partial charge < -0.3 is 0 Å². The zero-order valence-corrected chi connectivity index (χ0v) is 15.7. The smallest absolute Gasteiger partial charge is 0.232 e. The fraction of sp³-hybridized carbons (Fsp3) is 0.318. The third-order valence-electron chi connectivity index (χ3n) is 5.38. The zero-order chi connectivity index (χ0) is 20.1. The second-order valence-electron chi connectivity index (χ2n) is 8.17. The minimum atomic E-state index is -0.823. The van der Waals surface area contributed by atoms with Crippen molar-refractivity contribution in [2.45, 2.75) is 39.0 Å². The van der Waals surface area contributed by atoms with Crippen LogP contribution in [0.4, 0.5) is 14.5 Å². The molecule has 0 saturated carbocycles. The number of halogens is 2. The molecule has 1 aromatic heterocycles. The molecule has 1 atom stereocenters. The summed E-state index contributed by atoms with van der Waals surface area (Å²) in [5.74, 6) is -2.30. The van der Waals surface area contributed by atoms with Gasteiger partial charge in [-0.05, 0) is 35.6 Å². The number of anilines is 1. The van der Waals surface area contributed by atoms with Crippen molar-refractivity contribution in [2.24, 2.45) is 5.41 Å². The molecule has 0 bridgehead atoms. The van der Waals surface area contributed by atoms with E-state index in [1.807, 2.05) is 19.9 Å². The number of ketones is 1. The highest BCUT2D eigenvalue weighted by molar-refractivity contribution is 6.07. The molecule has 0 spiro atoms. The Hall–Kier alpha value is -2.89. The summed E-state index contributed by atoms with van der Waals surface area (Å²) in [7, 11) is 0. The van der Waals surface area contributed by atoms with Crippen LogP contribution in [0.1, 0.15) is 44.6 Å². The average Bonchev–Trinajstić information content (AvgIpc) is 2.62. The van der Waals surface area contributed by atoms with E-state index in [-0.39, 0.29) is 29.2 Å². The Kier molecular flexibility index (Phi) is 4.37. The molecular weight excluding hydrogens is 362 g/mol. The Morgan fingerprint density at radius 3 is 2.61 bits per heavy atom. The van der Waals surface area contributed by atoms with Crippen LogP contribution in [0.15, 0.2) is 54.0 Å². The molecule has 4 nitrogen and oxygen atoms in total. The second kappa shape index (κ2) is 6.62. The largest absolute Gasteiger partial charge is 0.294 e. The minimum Gasteiger partial charge on any atom is -0.294 e. The molecule has 2 aromatic rings. The Bertz CT molecular complexity index is 999. The summed E-state index contributed by atoms with van der Waals surface area (Å²) in [6.07, 6.45) is 4.14. The van der Waals surface area contributed by atoms with Crippen molar-refractivity contribution in [3.8, 4) is 0 Å². The van der Waals surface area contributed by atoms with Crippen LogP contribution in [0.3, 0.4) is 0 Å². The lowest BCUT2D eigenvalue weighted by Gasteiger charge is -2.42. The van der Waals surface area contributed by atoms with Crippen LogP contribution in [0.2, 0.25) is 0 Å². The lowest BCUT2D eigenvalue weighted by atomic mass is 9.69. The maximum absolute atomic E-state index is 14.5. The number of hydrogen-bond acceptors (Lipinski definition) is 3. The molecule has 2 heterocycles. The quantitative estimate of drug-likeness (QED) is 0.767. The molecule has 144 valence electrons. The standard InChI is InChI=1S/C22H20F2N2O2/c1-22(2)10-18-21(19(27)11-22)15(13-4-3-7-25-12-13)9-20(28)26(18)17-6-5-14(23)8-16(17)24/h3-8,12,15H,9-11H2,1-2H3/t15-/m0/s1. The maximum atomic E-state index is 14.5. The maximum Gasteiger partial charge on any atom is 0.232 e. The third kappa shape index (κ3) is 3.13. The molecule has 4 rings (SSSR count). The highest BCUT2D eigenvalue weighted by Gasteiger charge is 2.44. The number of amides is 1. The van der Waals surface area contributed by atoms with Gasteiger partial charge in [-0.1, -0.05) is 19.9 Å². The third-order valence-corrected chi connectivity index (χ3v) is 5.38. The first-order chi connectivity index (χ1) is 13.3. The van der Waals surface area contributed by atoms with Gasteiger partial charge in [0.1, 0.15) is 11.6 Å². The first kappa shape index (κ1) is 18.5. The number of hydrogen-bond donors (Lipinski definition) is 0. The van der Waals surface area contributed by atoms with E-state index in [2.05, 4.69) is 4.98 Å². The summed E-state index contributed by atoms with van der Waals surface area (Å²) in [6, 6.07) is 6.74. The fourth-order valence-electron chi connectivity index (χ4n) is 4.22. The number of Topliss-reactive ketones (excluding diaryl/α,β-unsaturated/α-hetero) is 1. The molecule has 0 saturated heterocycles. The average molecular weight is 382 g/mol. The summed E-state index contributed by atoms with van der Waals surface area (Å²) in [6.45, 7) is 3.90. The van der Waals surface area contributed by atoms with Crippen molar-refractivity contribution in [1.82, 2.24) is 4.98 Å². The molecule has 0 N–H and O–H groups in total. The van der Waals surface area contributed by atoms with Crippen molar-refractivity contribution in [2.75, 3.05) is 4.90 Å². The molecular formula is C22H20F2N2O2. The number of aromatic nitrogens is 1.